The van der Waals surface area contributed by atoms with E-state index in [2.05, 4.69) is 76.2 Å². The van der Waals surface area contributed by atoms with Gasteiger partial charge in [-0.05, 0) is 118 Å². The summed E-state index contributed by atoms with van der Waals surface area (Å²) in [5, 5.41) is 0. The lowest BCUT2D eigenvalue weighted by Gasteiger charge is -2.49. The van der Waals surface area contributed by atoms with Gasteiger partial charge in [0.25, 0.3) is 0 Å². The van der Waals surface area contributed by atoms with Crippen LogP contribution >= 0.6 is 0 Å². The predicted octanol–water partition coefficient (Wildman–Crippen LogP) is 10.4. The summed E-state index contributed by atoms with van der Waals surface area (Å²) < 4.78 is 14.1. The Hall–Kier alpha value is 0.354. The highest BCUT2D eigenvalue weighted by molar-refractivity contribution is 6.74. The largest absolute Gasteiger partial charge is 0.414 e. The Kier molecular flexibility index (Phi) is 11.7. The van der Waals surface area contributed by atoms with Crippen molar-refractivity contribution in [2.45, 2.75) is 169 Å². The second-order valence-corrected chi connectivity index (χ2v) is 23.0. The molecule has 0 radical (unpaired) electrons. The number of rotatable bonds is 15. The molecule has 0 aromatic heterocycles. The molecule has 0 aliphatic heterocycles. The number of hydrogen-bond donors (Lipinski definition) is 0. The zero-order chi connectivity index (χ0) is 26.5. The van der Waals surface area contributed by atoms with E-state index in [0.717, 1.165) is 23.7 Å². The normalized spacial score (nSPS) is 29.7. The molecule has 208 valence electrons. The van der Waals surface area contributed by atoms with Crippen molar-refractivity contribution in [3.05, 3.63) is 0 Å². The molecule has 2 saturated carbocycles. The maximum atomic E-state index is 7.19. The first kappa shape index (κ1) is 31.6. The Morgan fingerprint density at radius 3 is 1.89 bits per heavy atom. The molecule has 2 nitrogen and oxygen atoms in total. The van der Waals surface area contributed by atoms with E-state index in [0.29, 0.717) is 11.5 Å². The van der Waals surface area contributed by atoms with Crippen LogP contribution in [0, 0.1) is 29.1 Å². The average molecular weight is 525 g/mol. The summed E-state index contributed by atoms with van der Waals surface area (Å²) in [5.74, 6) is 3.19. The Morgan fingerprint density at radius 1 is 0.829 bits per heavy atom. The van der Waals surface area contributed by atoms with E-state index >= 15 is 0 Å². The predicted molar refractivity (Wildman–Crippen MR) is 160 cm³/mol. The summed E-state index contributed by atoms with van der Waals surface area (Å²) in [7, 11) is -3.10. The van der Waals surface area contributed by atoms with Crippen LogP contribution in [0.3, 0.4) is 0 Å². The van der Waals surface area contributed by atoms with E-state index in [9.17, 15) is 0 Å². The fraction of sp³-hybridized carbons (Fsp3) is 1.00. The van der Waals surface area contributed by atoms with Crippen LogP contribution in [0.1, 0.15) is 121 Å². The number of hydrogen-bond acceptors (Lipinski definition) is 2. The van der Waals surface area contributed by atoms with Gasteiger partial charge in [0.05, 0.1) is 5.60 Å². The van der Waals surface area contributed by atoms with Crippen molar-refractivity contribution < 1.29 is 8.85 Å². The quantitative estimate of drug-likeness (QED) is 0.198. The molecule has 6 atom stereocenters. The van der Waals surface area contributed by atoms with E-state index in [1.54, 1.807) is 0 Å². The summed E-state index contributed by atoms with van der Waals surface area (Å²) in [6.07, 6.45) is 9.96. The van der Waals surface area contributed by atoms with Gasteiger partial charge in [-0.25, -0.2) is 0 Å². The molecule has 0 saturated heterocycles. The maximum Gasteiger partial charge on any atom is 0.192 e. The van der Waals surface area contributed by atoms with E-state index in [1.807, 2.05) is 0 Å². The number of fused-ring (bicyclic) bond motifs is 1. The molecule has 0 heterocycles. The molecule has 4 heteroatoms. The smallest absolute Gasteiger partial charge is 0.192 e. The van der Waals surface area contributed by atoms with Crippen LogP contribution in [-0.2, 0) is 8.85 Å². The van der Waals surface area contributed by atoms with Crippen LogP contribution in [0.25, 0.3) is 0 Å². The Labute approximate surface area is 223 Å². The third-order valence-corrected chi connectivity index (χ3v) is 21.2. The van der Waals surface area contributed by atoms with E-state index in [-0.39, 0.29) is 5.60 Å². The summed E-state index contributed by atoms with van der Waals surface area (Å²) in [4.78, 5) is 0. The van der Waals surface area contributed by atoms with E-state index in [4.69, 9.17) is 8.85 Å². The molecule has 0 aromatic carbocycles. The topological polar surface area (TPSA) is 18.5 Å². The Morgan fingerprint density at radius 2 is 1.37 bits per heavy atom. The Bertz CT molecular complexity index is 611. The zero-order valence-corrected chi connectivity index (χ0v) is 27.9. The van der Waals surface area contributed by atoms with Gasteiger partial charge in [-0.2, -0.15) is 0 Å². The molecule has 0 bridgehead atoms. The summed E-state index contributed by atoms with van der Waals surface area (Å²) in [6.45, 7) is 26.8. The highest BCUT2D eigenvalue weighted by Crippen LogP contribution is 2.60. The minimum atomic E-state index is -1.56. The third-order valence-electron chi connectivity index (χ3n) is 11.6. The fourth-order valence-corrected chi connectivity index (χ4v) is 14.5. The standard InChI is InChI=1S/C31H64O2Si2/c1-12-34(13-2,14-3)32-29-19-18-23-31(11)27(20-21-28(29)31)26(8)25(7)22-24-30(9,10)33-35(15-4,16-5)17-6/h25-29H,12-24H2,1-11H3/t25?,26-,27+,28-,29-,31+/m0/s1. The van der Waals surface area contributed by atoms with Gasteiger partial charge < -0.3 is 8.85 Å². The molecular formula is C31H64O2Si2. The first-order chi connectivity index (χ1) is 16.4. The molecule has 0 aromatic rings. The van der Waals surface area contributed by atoms with Gasteiger partial charge in [-0.15, -0.1) is 0 Å². The molecule has 0 spiro atoms. The van der Waals surface area contributed by atoms with Crippen LogP contribution in [-0.4, -0.2) is 28.3 Å². The van der Waals surface area contributed by atoms with Crippen molar-refractivity contribution in [1.82, 2.24) is 0 Å². The average Bonchev–Trinajstić information content (AvgIpc) is 3.21. The summed E-state index contributed by atoms with van der Waals surface area (Å²) >= 11 is 0. The van der Waals surface area contributed by atoms with Crippen molar-refractivity contribution in [1.29, 1.82) is 0 Å². The second-order valence-electron chi connectivity index (χ2n) is 13.6. The van der Waals surface area contributed by atoms with E-state index < -0.39 is 16.6 Å². The highest BCUT2D eigenvalue weighted by atomic mass is 28.4. The molecule has 2 fully saturated rings. The summed E-state index contributed by atoms with van der Waals surface area (Å²) in [6, 6.07) is 7.60. The molecule has 0 amide bonds. The SMILES string of the molecule is CC[Si](CC)(CC)O[C@H]1CCC[C@]2(C)[C@@H]([C@@H](C)C(C)CCC(C)(C)O[Si](CC)(CC)CC)CC[C@@H]12. The zero-order valence-electron chi connectivity index (χ0n) is 25.9. The van der Waals surface area contributed by atoms with Gasteiger partial charge in [0, 0.05) is 6.10 Å². The first-order valence-corrected chi connectivity index (χ1v) is 20.8. The van der Waals surface area contributed by atoms with Crippen molar-refractivity contribution >= 4 is 16.6 Å². The monoisotopic (exact) mass is 524 g/mol. The molecule has 2 aliphatic carbocycles. The van der Waals surface area contributed by atoms with Crippen LogP contribution < -0.4 is 0 Å². The van der Waals surface area contributed by atoms with Gasteiger partial charge in [0.15, 0.2) is 16.6 Å². The van der Waals surface area contributed by atoms with Gasteiger partial charge >= 0.3 is 0 Å². The Balaban J connectivity index is 2.05. The van der Waals surface area contributed by atoms with Crippen molar-refractivity contribution in [2.75, 3.05) is 0 Å². The third kappa shape index (κ3) is 7.06. The van der Waals surface area contributed by atoms with Crippen LogP contribution in [0.4, 0.5) is 0 Å². The van der Waals surface area contributed by atoms with Crippen molar-refractivity contribution in [2.24, 2.45) is 29.1 Å². The molecular weight excluding hydrogens is 461 g/mol. The molecule has 2 rings (SSSR count). The lowest BCUT2D eigenvalue weighted by Crippen LogP contribution is -2.49. The highest BCUT2D eigenvalue weighted by Gasteiger charge is 2.54. The summed E-state index contributed by atoms with van der Waals surface area (Å²) in [5.41, 5.74) is 0.495. The van der Waals surface area contributed by atoms with Crippen LogP contribution in [0.2, 0.25) is 36.3 Å². The van der Waals surface area contributed by atoms with Crippen molar-refractivity contribution in [3.8, 4) is 0 Å². The molecule has 35 heavy (non-hydrogen) atoms. The van der Waals surface area contributed by atoms with E-state index in [1.165, 1.54) is 81.2 Å². The molecule has 0 N–H and O–H groups in total. The van der Waals surface area contributed by atoms with Crippen LogP contribution in [0.15, 0.2) is 0 Å². The maximum absolute atomic E-state index is 7.19. The molecule has 2 aliphatic rings. The van der Waals surface area contributed by atoms with Gasteiger partial charge in [0.1, 0.15) is 0 Å². The second kappa shape index (κ2) is 12.9. The lowest BCUT2D eigenvalue weighted by atomic mass is 9.60. The minimum Gasteiger partial charge on any atom is -0.414 e. The minimum absolute atomic E-state index is 0.0164. The fourth-order valence-electron chi connectivity index (χ4n) is 8.32. The van der Waals surface area contributed by atoms with Gasteiger partial charge in [0.2, 0.25) is 0 Å². The lowest BCUT2D eigenvalue weighted by molar-refractivity contribution is -0.0266. The molecule has 1 unspecified atom stereocenters. The van der Waals surface area contributed by atoms with Crippen LogP contribution in [0.5, 0.6) is 0 Å². The van der Waals surface area contributed by atoms with Crippen molar-refractivity contribution in [3.63, 3.8) is 0 Å². The van der Waals surface area contributed by atoms with Gasteiger partial charge in [-0.3, -0.25) is 0 Å². The first-order valence-electron chi connectivity index (χ1n) is 15.8. The van der Waals surface area contributed by atoms with Gasteiger partial charge in [-0.1, -0.05) is 68.7 Å².